The van der Waals surface area contributed by atoms with Crippen molar-refractivity contribution in [3.63, 3.8) is 0 Å². The number of ether oxygens (including phenoxy) is 3. The highest BCUT2D eigenvalue weighted by atomic mass is 32.1. The molecule has 1 aromatic heterocycles. The van der Waals surface area contributed by atoms with Gasteiger partial charge in [-0.3, -0.25) is 24.9 Å². The van der Waals surface area contributed by atoms with E-state index in [4.69, 9.17) is 19.4 Å². The standard InChI is InChI=1S/C15H23N3O8S/c1-3-25-9-26-8-11(6-10(7-24-2)14(19)17-21)16-15(20)12-4-5-13(27-12)18(22)23/h4-5,10-11,21H,3,6-9H2,1-2H3,(H,16,20)(H,17,19)/t10-,11+/m1/s1. The molecule has 2 atom stereocenters. The van der Waals surface area contributed by atoms with E-state index in [0.717, 1.165) is 11.3 Å². The van der Waals surface area contributed by atoms with Crippen molar-refractivity contribution in [3.05, 3.63) is 27.1 Å². The monoisotopic (exact) mass is 405 g/mol. The summed E-state index contributed by atoms with van der Waals surface area (Å²) in [6, 6.07) is 1.98. The van der Waals surface area contributed by atoms with Crippen molar-refractivity contribution in [1.82, 2.24) is 10.8 Å². The fourth-order valence-corrected chi connectivity index (χ4v) is 2.92. The molecule has 2 amide bonds. The molecule has 0 radical (unpaired) electrons. The molecule has 1 rings (SSSR count). The Morgan fingerprint density at radius 1 is 1.33 bits per heavy atom. The summed E-state index contributed by atoms with van der Waals surface area (Å²) in [6.45, 7) is 2.32. The molecule has 0 bridgehead atoms. The van der Waals surface area contributed by atoms with E-state index in [1.54, 1.807) is 12.4 Å². The SMILES string of the molecule is CCOCOC[C@H](C[C@H](COC)C(=O)NO)NC(=O)c1ccc([N+](=O)[O-])s1. The zero-order chi connectivity index (χ0) is 20.2. The van der Waals surface area contributed by atoms with Crippen LogP contribution in [0.25, 0.3) is 0 Å². The highest BCUT2D eigenvalue weighted by molar-refractivity contribution is 7.17. The summed E-state index contributed by atoms with van der Waals surface area (Å²) in [5.74, 6) is -1.93. The average molecular weight is 405 g/mol. The number of amides is 2. The van der Waals surface area contributed by atoms with Crippen molar-refractivity contribution in [2.45, 2.75) is 19.4 Å². The normalized spacial score (nSPS) is 13.0. The van der Waals surface area contributed by atoms with Crippen molar-refractivity contribution < 1.29 is 33.9 Å². The highest BCUT2D eigenvalue weighted by Gasteiger charge is 2.25. The van der Waals surface area contributed by atoms with Gasteiger partial charge in [0, 0.05) is 19.8 Å². The number of carbonyl (C=O) groups is 2. The molecular weight excluding hydrogens is 382 g/mol. The lowest BCUT2D eigenvalue weighted by Crippen LogP contribution is -2.43. The van der Waals surface area contributed by atoms with Crippen LogP contribution in [0.5, 0.6) is 0 Å². The van der Waals surface area contributed by atoms with E-state index in [9.17, 15) is 19.7 Å². The molecule has 0 aliphatic heterocycles. The number of rotatable bonds is 13. The summed E-state index contributed by atoms with van der Waals surface area (Å²) in [5.41, 5.74) is 1.56. The average Bonchev–Trinajstić information content (AvgIpc) is 3.14. The topological polar surface area (TPSA) is 149 Å². The maximum Gasteiger partial charge on any atom is 0.324 e. The summed E-state index contributed by atoms with van der Waals surface area (Å²) in [6.07, 6.45) is 0.117. The number of hydroxylamine groups is 1. The van der Waals surface area contributed by atoms with Crippen molar-refractivity contribution in [2.75, 3.05) is 33.7 Å². The zero-order valence-corrected chi connectivity index (χ0v) is 15.8. The summed E-state index contributed by atoms with van der Waals surface area (Å²) >= 11 is 0.742. The first-order valence-electron chi connectivity index (χ1n) is 8.06. The number of hydrogen-bond acceptors (Lipinski definition) is 9. The second-order valence-corrected chi connectivity index (χ2v) is 6.47. The van der Waals surface area contributed by atoms with Gasteiger partial charge in [0.2, 0.25) is 5.91 Å². The fourth-order valence-electron chi connectivity index (χ4n) is 2.19. The van der Waals surface area contributed by atoms with E-state index in [-0.39, 0.29) is 36.3 Å². The number of hydrogen-bond donors (Lipinski definition) is 3. The lowest BCUT2D eigenvalue weighted by atomic mass is 10.00. The maximum atomic E-state index is 12.4. The minimum atomic E-state index is -0.737. The Morgan fingerprint density at radius 3 is 2.63 bits per heavy atom. The Kier molecular flexibility index (Phi) is 10.4. The van der Waals surface area contributed by atoms with Gasteiger partial charge >= 0.3 is 5.00 Å². The molecule has 1 aromatic rings. The number of nitro groups is 1. The van der Waals surface area contributed by atoms with Crippen LogP contribution in [0.15, 0.2) is 12.1 Å². The van der Waals surface area contributed by atoms with E-state index in [0.29, 0.717) is 6.61 Å². The van der Waals surface area contributed by atoms with Gasteiger partial charge in [-0.2, -0.15) is 0 Å². The van der Waals surface area contributed by atoms with Crippen LogP contribution in [0.4, 0.5) is 5.00 Å². The van der Waals surface area contributed by atoms with E-state index in [1.807, 2.05) is 0 Å². The van der Waals surface area contributed by atoms with Crippen molar-refractivity contribution in [3.8, 4) is 0 Å². The molecule has 27 heavy (non-hydrogen) atoms. The first-order chi connectivity index (χ1) is 12.9. The number of carbonyl (C=O) groups excluding carboxylic acids is 2. The van der Waals surface area contributed by atoms with Crippen LogP contribution in [0.2, 0.25) is 0 Å². The quantitative estimate of drug-likeness (QED) is 0.144. The molecule has 0 aromatic carbocycles. The molecule has 0 aliphatic carbocycles. The Hall–Kier alpha value is -2.12. The van der Waals surface area contributed by atoms with Gasteiger partial charge in [0.1, 0.15) is 6.79 Å². The first-order valence-corrected chi connectivity index (χ1v) is 8.88. The molecule has 3 N–H and O–H groups in total. The first kappa shape index (κ1) is 22.9. The molecule has 11 nitrogen and oxygen atoms in total. The molecule has 0 spiro atoms. The van der Waals surface area contributed by atoms with Gasteiger partial charge in [-0.1, -0.05) is 11.3 Å². The second-order valence-electron chi connectivity index (χ2n) is 5.41. The molecule has 0 unspecified atom stereocenters. The fraction of sp³-hybridized carbons (Fsp3) is 0.600. The molecule has 1 heterocycles. The predicted molar refractivity (Wildman–Crippen MR) is 94.6 cm³/mol. The summed E-state index contributed by atoms with van der Waals surface area (Å²) < 4.78 is 15.4. The van der Waals surface area contributed by atoms with Crippen LogP contribution in [0.3, 0.4) is 0 Å². The Bertz CT molecular complexity index is 624. The summed E-state index contributed by atoms with van der Waals surface area (Å²) in [5, 5.41) is 22.1. The largest absolute Gasteiger partial charge is 0.384 e. The van der Waals surface area contributed by atoms with Gasteiger partial charge in [0.15, 0.2) is 0 Å². The second kappa shape index (κ2) is 12.3. The minimum Gasteiger partial charge on any atom is -0.384 e. The molecule has 0 fully saturated rings. The van der Waals surface area contributed by atoms with Crippen LogP contribution in [-0.2, 0) is 19.0 Å². The van der Waals surface area contributed by atoms with Crippen LogP contribution in [0.1, 0.15) is 23.0 Å². The van der Waals surface area contributed by atoms with Gasteiger partial charge in [0.25, 0.3) is 5.91 Å². The van der Waals surface area contributed by atoms with E-state index in [2.05, 4.69) is 5.32 Å². The Labute approximate surface area is 159 Å². The van der Waals surface area contributed by atoms with E-state index >= 15 is 0 Å². The third kappa shape index (κ3) is 7.97. The number of nitrogens with zero attached hydrogens (tertiary/aromatic N) is 1. The smallest absolute Gasteiger partial charge is 0.324 e. The summed E-state index contributed by atoms with van der Waals surface area (Å²) in [4.78, 5) is 34.5. The van der Waals surface area contributed by atoms with Gasteiger partial charge in [-0.05, 0) is 19.4 Å². The van der Waals surface area contributed by atoms with Crippen LogP contribution in [-0.4, -0.2) is 61.7 Å². The van der Waals surface area contributed by atoms with Crippen LogP contribution in [0, 0.1) is 16.0 Å². The van der Waals surface area contributed by atoms with Crippen LogP contribution >= 0.6 is 11.3 Å². The number of nitrogens with one attached hydrogen (secondary N) is 2. The van der Waals surface area contributed by atoms with Crippen LogP contribution < -0.4 is 10.8 Å². The van der Waals surface area contributed by atoms with Crippen molar-refractivity contribution in [2.24, 2.45) is 5.92 Å². The zero-order valence-electron chi connectivity index (χ0n) is 15.0. The molecule has 12 heteroatoms. The van der Waals surface area contributed by atoms with Gasteiger partial charge in [-0.25, -0.2) is 5.48 Å². The number of methoxy groups -OCH3 is 1. The lowest BCUT2D eigenvalue weighted by Gasteiger charge is -2.23. The Balaban J connectivity index is 2.80. The van der Waals surface area contributed by atoms with Gasteiger partial charge < -0.3 is 19.5 Å². The molecule has 0 saturated heterocycles. The maximum absolute atomic E-state index is 12.4. The summed E-state index contributed by atoms with van der Waals surface area (Å²) in [7, 11) is 1.40. The minimum absolute atomic E-state index is 0.00842. The molecule has 152 valence electrons. The highest BCUT2D eigenvalue weighted by Crippen LogP contribution is 2.24. The number of thiophene rings is 1. The molecular formula is C15H23N3O8S. The third-order valence-corrected chi connectivity index (χ3v) is 4.47. The van der Waals surface area contributed by atoms with Gasteiger partial charge in [-0.15, -0.1) is 0 Å². The molecule has 0 aliphatic rings. The predicted octanol–water partition coefficient (Wildman–Crippen LogP) is 0.923. The van der Waals surface area contributed by atoms with Crippen molar-refractivity contribution >= 4 is 28.2 Å². The van der Waals surface area contributed by atoms with Crippen molar-refractivity contribution in [1.29, 1.82) is 0 Å². The lowest BCUT2D eigenvalue weighted by molar-refractivity contribution is -0.380. The third-order valence-electron chi connectivity index (χ3n) is 3.44. The molecule has 0 saturated carbocycles. The van der Waals surface area contributed by atoms with E-state index < -0.39 is 28.7 Å². The van der Waals surface area contributed by atoms with E-state index in [1.165, 1.54) is 19.2 Å². The Morgan fingerprint density at radius 2 is 2.07 bits per heavy atom. The van der Waals surface area contributed by atoms with Gasteiger partial charge in [0.05, 0.1) is 35.0 Å².